The molecule has 0 spiro atoms. The second kappa shape index (κ2) is 12.6. The molecule has 3 aromatic heterocycles. The minimum absolute atomic E-state index is 0.388. The molecule has 0 fully saturated rings. The van der Waals surface area contributed by atoms with Crippen LogP contribution >= 0.6 is 27.9 Å². The van der Waals surface area contributed by atoms with E-state index in [1.54, 1.807) is 0 Å². The molecular weight excluding hydrogens is 590 g/mol. The van der Waals surface area contributed by atoms with E-state index in [-0.39, 0.29) is 0 Å². The molecule has 0 saturated heterocycles. The van der Waals surface area contributed by atoms with Crippen molar-refractivity contribution in [3.63, 3.8) is 0 Å². The summed E-state index contributed by atoms with van der Waals surface area (Å²) >= 11 is 4.67. The standard InChI is InChI=1S/C30H32BrN5O3S/c1-5-9-28-33-29-25(14-15-27(31)32-29)35(28)17-21-12-13-23(22(16-21)18-38-6-2)24-10-7-8-11-26(24)40-36(37)30-19(3)20(4)39-34-30/h7-8,10-16,37H,5-6,9,17-18H2,1-4H3. The smallest absolute Gasteiger partial charge is 0.210 e. The van der Waals surface area contributed by atoms with Crippen molar-refractivity contribution in [1.29, 1.82) is 0 Å². The van der Waals surface area contributed by atoms with E-state index in [1.807, 2.05) is 45.0 Å². The van der Waals surface area contributed by atoms with E-state index in [4.69, 9.17) is 14.2 Å². The van der Waals surface area contributed by atoms with E-state index in [9.17, 15) is 5.21 Å². The Bertz CT molecular complexity index is 1630. The monoisotopic (exact) mass is 621 g/mol. The molecular formula is C30H32BrN5O3S. The van der Waals surface area contributed by atoms with Crippen LogP contribution in [-0.4, -0.2) is 31.5 Å². The Morgan fingerprint density at radius 3 is 2.62 bits per heavy atom. The molecule has 0 aliphatic carbocycles. The van der Waals surface area contributed by atoms with Gasteiger partial charge in [0.2, 0.25) is 5.82 Å². The number of pyridine rings is 1. The summed E-state index contributed by atoms with van der Waals surface area (Å²) in [5, 5.41) is 14.9. The number of benzene rings is 2. The van der Waals surface area contributed by atoms with Crippen LogP contribution in [0.25, 0.3) is 22.3 Å². The predicted octanol–water partition coefficient (Wildman–Crippen LogP) is 7.91. The third-order valence-corrected chi connectivity index (χ3v) is 8.12. The lowest BCUT2D eigenvalue weighted by Crippen LogP contribution is -2.09. The highest BCUT2D eigenvalue weighted by molar-refractivity contribution is 9.10. The van der Waals surface area contributed by atoms with Gasteiger partial charge in [-0.25, -0.2) is 9.97 Å². The van der Waals surface area contributed by atoms with Crippen LogP contribution in [0.5, 0.6) is 0 Å². The first-order valence-corrected chi connectivity index (χ1v) is 14.9. The lowest BCUT2D eigenvalue weighted by Gasteiger charge is -2.18. The maximum absolute atomic E-state index is 10.8. The Balaban J connectivity index is 1.51. The van der Waals surface area contributed by atoms with Crippen molar-refractivity contribution < 1.29 is 14.5 Å². The van der Waals surface area contributed by atoms with Gasteiger partial charge in [-0.05, 0) is 83.6 Å². The maximum atomic E-state index is 10.8. The van der Waals surface area contributed by atoms with Gasteiger partial charge >= 0.3 is 0 Å². The summed E-state index contributed by atoms with van der Waals surface area (Å²) in [5.41, 5.74) is 6.85. The van der Waals surface area contributed by atoms with Crippen LogP contribution in [0.1, 0.15) is 48.5 Å². The number of aromatic nitrogens is 4. The first kappa shape index (κ1) is 28.4. The fraction of sp³-hybridized carbons (Fsp3) is 0.300. The van der Waals surface area contributed by atoms with Gasteiger partial charge in [-0.1, -0.05) is 48.5 Å². The number of rotatable bonds is 11. The molecule has 10 heteroatoms. The largest absolute Gasteiger partial charge is 0.377 e. The number of fused-ring (bicyclic) bond motifs is 1. The molecule has 208 valence electrons. The SMILES string of the molecule is CCCc1nc2nc(Br)ccc2n1Cc1ccc(-c2ccccc2SN(O)c2noc(C)c2C)c(COCC)c1. The van der Waals surface area contributed by atoms with Crippen LogP contribution in [-0.2, 0) is 24.3 Å². The third kappa shape index (κ3) is 5.95. The topological polar surface area (TPSA) is 89.4 Å². The summed E-state index contributed by atoms with van der Waals surface area (Å²) in [5.74, 6) is 2.09. The molecule has 1 N–H and O–H groups in total. The van der Waals surface area contributed by atoms with Crippen LogP contribution in [0.15, 0.2) is 68.6 Å². The summed E-state index contributed by atoms with van der Waals surface area (Å²) in [6.07, 6.45) is 1.88. The summed E-state index contributed by atoms with van der Waals surface area (Å²) < 4.78 is 15.3. The van der Waals surface area contributed by atoms with E-state index in [1.165, 1.54) is 11.9 Å². The molecule has 0 bridgehead atoms. The second-order valence-corrected chi connectivity index (χ2v) is 11.3. The van der Waals surface area contributed by atoms with E-state index < -0.39 is 0 Å². The van der Waals surface area contributed by atoms with Gasteiger partial charge < -0.3 is 13.8 Å². The van der Waals surface area contributed by atoms with Gasteiger partial charge in [0, 0.05) is 42.0 Å². The van der Waals surface area contributed by atoms with Gasteiger partial charge in [0.15, 0.2) is 5.65 Å². The van der Waals surface area contributed by atoms with Crippen molar-refractivity contribution in [3.8, 4) is 11.1 Å². The van der Waals surface area contributed by atoms with Crippen LogP contribution < -0.4 is 4.47 Å². The van der Waals surface area contributed by atoms with E-state index in [0.29, 0.717) is 31.3 Å². The Morgan fingerprint density at radius 2 is 1.88 bits per heavy atom. The molecule has 0 aliphatic rings. The average molecular weight is 623 g/mol. The molecule has 0 unspecified atom stereocenters. The van der Waals surface area contributed by atoms with Gasteiger partial charge in [0.05, 0.1) is 12.1 Å². The van der Waals surface area contributed by atoms with Crippen molar-refractivity contribution in [1.82, 2.24) is 19.7 Å². The Kier molecular flexibility index (Phi) is 8.90. The highest BCUT2D eigenvalue weighted by Gasteiger charge is 2.19. The minimum atomic E-state index is 0.388. The number of anilines is 1. The van der Waals surface area contributed by atoms with Gasteiger partial charge in [-0.2, -0.15) is 4.47 Å². The lowest BCUT2D eigenvalue weighted by atomic mass is 9.97. The van der Waals surface area contributed by atoms with E-state index >= 15 is 0 Å². The summed E-state index contributed by atoms with van der Waals surface area (Å²) in [7, 11) is 0. The molecule has 40 heavy (non-hydrogen) atoms. The fourth-order valence-corrected chi connectivity index (χ4v) is 5.79. The number of halogens is 1. The molecule has 3 heterocycles. The molecule has 5 aromatic rings. The van der Waals surface area contributed by atoms with Crippen molar-refractivity contribution in [2.75, 3.05) is 11.1 Å². The van der Waals surface area contributed by atoms with Gasteiger partial charge in [0.1, 0.15) is 16.2 Å². The van der Waals surface area contributed by atoms with Crippen LogP contribution in [0.4, 0.5) is 5.82 Å². The Hall–Kier alpha value is -3.18. The highest BCUT2D eigenvalue weighted by atomic mass is 79.9. The number of imidazole rings is 1. The third-order valence-electron chi connectivity index (χ3n) is 6.78. The maximum Gasteiger partial charge on any atom is 0.210 e. The zero-order valence-corrected chi connectivity index (χ0v) is 25.4. The molecule has 8 nitrogen and oxygen atoms in total. The number of hydrogen-bond donors (Lipinski definition) is 1. The first-order chi connectivity index (χ1) is 19.4. The summed E-state index contributed by atoms with van der Waals surface area (Å²) in [4.78, 5) is 10.3. The summed E-state index contributed by atoms with van der Waals surface area (Å²) in [6, 6.07) is 18.6. The van der Waals surface area contributed by atoms with Gasteiger partial charge in [-0.3, -0.25) is 5.21 Å². The lowest BCUT2D eigenvalue weighted by molar-refractivity contribution is 0.134. The normalized spacial score (nSPS) is 11.4. The molecule has 0 saturated carbocycles. The Morgan fingerprint density at radius 1 is 1.05 bits per heavy atom. The number of hydrogen-bond acceptors (Lipinski definition) is 8. The van der Waals surface area contributed by atoms with Gasteiger partial charge in [-0.15, -0.1) is 0 Å². The van der Waals surface area contributed by atoms with Crippen molar-refractivity contribution in [2.24, 2.45) is 0 Å². The van der Waals surface area contributed by atoms with Crippen molar-refractivity contribution >= 4 is 44.9 Å². The average Bonchev–Trinajstić information content (AvgIpc) is 3.46. The zero-order chi connectivity index (χ0) is 28.2. The molecule has 0 amide bonds. The zero-order valence-electron chi connectivity index (χ0n) is 23.0. The highest BCUT2D eigenvalue weighted by Crippen LogP contribution is 2.38. The number of nitrogens with zero attached hydrogens (tertiary/aromatic N) is 5. The molecule has 0 radical (unpaired) electrons. The number of ether oxygens (including phenoxy) is 1. The first-order valence-electron chi connectivity index (χ1n) is 13.3. The molecule has 2 aromatic carbocycles. The van der Waals surface area contributed by atoms with E-state index in [0.717, 1.165) is 71.6 Å². The molecule has 0 atom stereocenters. The van der Waals surface area contributed by atoms with Crippen molar-refractivity contribution in [2.45, 2.75) is 58.6 Å². The Labute approximate surface area is 246 Å². The molecule has 5 rings (SSSR count). The van der Waals surface area contributed by atoms with Crippen LogP contribution in [0.3, 0.4) is 0 Å². The fourth-order valence-electron chi connectivity index (χ4n) is 4.64. The van der Waals surface area contributed by atoms with Gasteiger partial charge in [0.25, 0.3) is 0 Å². The second-order valence-electron chi connectivity index (χ2n) is 9.52. The summed E-state index contributed by atoms with van der Waals surface area (Å²) in [6.45, 7) is 9.63. The van der Waals surface area contributed by atoms with Crippen LogP contribution in [0.2, 0.25) is 0 Å². The number of aryl methyl sites for hydroxylation is 2. The minimum Gasteiger partial charge on any atom is -0.377 e. The predicted molar refractivity (Wildman–Crippen MR) is 162 cm³/mol. The quantitative estimate of drug-likeness (QED) is 0.0904. The van der Waals surface area contributed by atoms with Crippen LogP contribution in [0, 0.1) is 13.8 Å². The van der Waals surface area contributed by atoms with E-state index in [2.05, 4.69) is 67.9 Å². The van der Waals surface area contributed by atoms with Crippen molar-refractivity contribution in [3.05, 3.63) is 87.5 Å². The molecule has 0 aliphatic heterocycles.